The highest BCUT2D eigenvalue weighted by atomic mass is 35.5. The van der Waals surface area contributed by atoms with Gasteiger partial charge >= 0.3 is 5.97 Å². The largest absolute Gasteiger partial charge is 0.467 e. The average molecular weight is 494 g/mol. The summed E-state index contributed by atoms with van der Waals surface area (Å²) in [5.74, 6) is -1.52. The Hall–Kier alpha value is -4.37. The van der Waals surface area contributed by atoms with Crippen molar-refractivity contribution in [3.63, 3.8) is 0 Å². The normalized spacial score (nSPS) is 13.3. The van der Waals surface area contributed by atoms with Crippen LogP contribution in [0.5, 0.6) is 0 Å². The van der Waals surface area contributed by atoms with Gasteiger partial charge in [0.25, 0.3) is 17.7 Å². The van der Waals surface area contributed by atoms with Crippen molar-refractivity contribution in [3.8, 4) is 0 Å². The van der Waals surface area contributed by atoms with Gasteiger partial charge in [-0.15, -0.1) is 0 Å². The molecule has 4 rings (SSSR count). The summed E-state index contributed by atoms with van der Waals surface area (Å²) in [5.41, 5.74) is 1.31. The zero-order chi connectivity index (χ0) is 24.9. The van der Waals surface area contributed by atoms with Gasteiger partial charge in [0, 0.05) is 11.3 Å². The Morgan fingerprint density at radius 2 is 1.66 bits per heavy atom. The highest BCUT2D eigenvalue weighted by Gasteiger charge is 2.39. The number of esters is 1. The molecular formula is C25H20ClN3O6. The van der Waals surface area contributed by atoms with Gasteiger partial charge in [0.1, 0.15) is 16.5 Å². The molecule has 2 aromatic carbocycles. The summed E-state index contributed by atoms with van der Waals surface area (Å²) in [7, 11) is 0. The van der Waals surface area contributed by atoms with Crippen molar-refractivity contribution in [1.29, 1.82) is 0 Å². The monoisotopic (exact) mass is 493 g/mol. The number of anilines is 2. The molecule has 1 aliphatic heterocycles. The van der Waals surface area contributed by atoms with Crippen LogP contribution in [0.15, 0.2) is 82.1 Å². The smallest absolute Gasteiger partial charge is 0.338 e. The number of carbonyl (C=O) groups is 4. The van der Waals surface area contributed by atoms with Crippen LogP contribution in [0.25, 0.3) is 0 Å². The molecule has 0 fully saturated rings. The summed E-state index contributed by atoms with van der Waals surface area (Å²) < 4.78 is 10.1. The number of hydrogen-bond donors (Lipinski definition) is 2. The molecule has 1 aromatic heterocycles. The minimum absolute atomic E-state index is 0.0962. The van der Waals surface area contributed by atoms with Gasteiger partial charge in [-0.05, 0) is 67.6 Å². The van der Waals surface area contributed by atoms with Crippen LogP contribution in [0.1, 0.15) is 33.4 Å². The van der Waals surface area contributed by atoms with E-state index in [2.05, 4.69) is 10.6 Å². The highest BCUT2D eigenvalue weighted by molar-refractivity contribution is 6.53. The minimum atomic E-state index is -0.697. The number of hydrogen-bond acceptors (Lipinski definition) is 7. The molecule has 1 aliphatic rings. The van der Waals surface area contributed by atoms with Crippen molar-refractivity contribution in [2.75, 3.05) is 16.8 Å². The number of halogens is 1. The highest BCUT2D eigenvalue weighted by Crippen LogP contribution is 2.30. The van der Waals surface area contributed by atoms with Crippen LogP contribution in [0, 0.1) is 0 Å². The molecule has 0 saturated heterocycles. The number of ether oxygens (including phenoxy) is 1. The summed E-state index contributed by atoms with van der Waals surface area (Å²) in [6.45, 7) is 2.18. The molecule has 9 nitrogen and oxygen atoms in total. The topological polar surface area (TPSA) is 118 Å². The summed E-state index contributed by atoms with van der Waals surface area (Å²) in [6, 6.07) is 15.7. The SMILES string of the molecule is CCOC(=O)c1ccc(N2C(=O)C(Cl)=C(Nc3ccc(C(=O)NCc4ccco4)cc3)C2=O)cc1. The Labute approximate surface area is 205 Å². The molecule has 10 heteroatoms. The Morgan fingerprint density at radius 1 is 0.971 bits per heavy atom. The van der Waals surface area contributed by atoms with Crippen LogP contribution < -0.4 is 15.5 Å². The summed E-state index contributed by atoms with van der Waals surface area (Å²) in [6.07, 6.45) is 1.52. The molecule has 0 atom stereocenters. The van der Waals surface area contributed by atoms with E-state index in [9.17, 15) is 19.2 Å². The Balaban J connectivity index is 1.43. The third kappa shape index (κ3) is 5.10. The lowest BCUT2D eigenvalue weighted by Crippen LogP contribution is -2.32. The summed E-state index contributed by atoms with van der Waals surface area (Å²) in [5, 5.41) is 5.32. The van der Waals surface area contributed by atoms with Crippen molar-refractivity contribution in [2.24, 2.45) is 0 Å². The first kappa shape index (κ1) is 23.8. The van der Waals surface area contributed by atoms with Gasteiger partial charge in [0.2, 0.25) is 0 Å². The number of benzene rings is 2. The van der Waals surface area contributed by atoms with Crippen molar-refractivity contribution >= 4 is 46.7 Å². The van der Waals surface area contributed by atoms with Crippen molar-refractivity contribution in [2.45, 2.75) is 13.5 Å². The third-order valence-electron chi connectivity index (χ3n) is 5.08. The number of nitrogens with zero attached hydrogens (tertiary/aromatic N) is 1. The first-order chi connectivity index (χ1) is 16.9. The molecule has 0 spiro atoms. The first-order valence-corrected chi connectivity index (χ1v) is 11.0. The van der Waals surface area contributed by atoms with Crippen LogP contribution >= 0.6 is 11.6 Å². The lowest BCUT2D eigenvalue weighted by Gasteiger charge is -2.15. The second-order valence-corrected chi connectivity index (χ2v) is 7.74. The molecule has 35 heavy (non-hydrogen) atoms. The van der Waals surface area contributed by atoms with Gasteiger partial charge in [0.05, 0.1) is 30.7 Å². The van der Waals surface area contributed by atoms with E-state index in [1.54, 1.807) is 43.3 Å². The van der Waals surface area contributed by atoms with E-state index in [4.69, 9.17) is 20.8 Å². The first-order valence-electron chi connectivity index (χ1n) is 10.6. The maximum Gasteiger partial charge on any atom is 0.338 e. The Morgan fingerprint density at radius 3 is 2.29 bits per heavy atom. The molecule has 178 valence electrons. The lowest BCUT2D eigenvalue weighted by molar-refractivity contribution is -0.120. The van der Waals surface area contributed by atoms with E-state index in [1.165, 1.54) is 30.5 Å². The molecule has 0 saturated carbocycles. The van der Waals surface area contributed by atoms with E-state index >= 15 is 0 Å². The van der Waals surface area contributed by atoms with Crippen LogP contribution in [0.3, 0.4) is 0 Å². The fourth-order valence-corrected chi connectivity index (χ4v) is 3.55. The molecule has 0 unspecified atom stereocenters. The van der Waals surface area contributed by atoms with Crippen molar-refractivity contribution in [3.05, 3.63) is 94.5 Å². The van der Waals surface area contributed by atoms with E-state index in [1.807, 2.05) is 0 Å². The predicted molar refractivity (Wildman–Crippen MR) is 128 cm³/mol. The molecule has 2 N–H and O–H groups in total. The van der Waals surface area contributed by atoms with Crippen LogP contribution in [-0.4, -0.2) is 30.3 Å². The predicted octanol–water partition coefficient (Wildman–Crippen LogP) is 3.82. The van der Waals surface area contributed by atoms with Crippen molar-refractivity contribution in [1.82, 2.24) is 5.32 Å². The van der Waals surface area contributed by atoms with Gasteiger partial charge in [-0.3, -0.25) is 14.4 Å². The fourth-order valence-electron chi connectivity index (χ4n) is 3.34. The fraction of sp³-hybridized carbons (Fsp3) is 0.120. The summed E-state index contributed by atoms with van der Waals surface area (Å²) in [4.78, 5) is 50.7. The van der Waals surface area contributed by atoms with E-state index in [0.717, 1.165) is 4.90 Å². The molecule has 0 aliphatic carbocycles. The summed E-state index contributed by atoms with van der Waals surface area (Å²) >= 11 is 6.17. The number of furan rings is 1. The Bertz CT molecular complexity index is 1300. The van der Waals surface area contributed by atoms with Gasteiger partial charge in [-0.1, -0.05) is 11.6 Å². The molecule has 0 bridgehead atoms. The molecule has 0 radical (unpaired) electrons. The standard InChI is InChI=1S/C25H20ClN3O6/c1-2-34-25(33)16-7-11-18(12-8-16)29-23(31)20(26)21(24(29)32)28-17-9-5-15(6-10-17)22(30)27-14-19-4-3-13-35-19/h3-13,28H,2,14H2,1H3,(H,27,30). The van der Waals surface area contributed by atoms with Crippen LogP contribution in [-0.2, 0) is 20.9 Å². The van der Waals surface area contributed by atoms with E-state index in [0.29, 0.717) is 22.6 Å². The Kier molecular flexibility index (Phi) is 6.98. The zero-order valence-electron chi connectivity index (χ0n) is 18.5. The quantitative estimate of drug-likeness (QED) is 0.361. The third-order valence-corrected chi connectivity index (χ3v) is 5.43. The maximum atomic E-state index is 13.0. The van der Waals surface area contributed by atoms with Gasteiger partial charge < -0.3 is 19.8 Å². The van der Waals surface area contributed by atoms with Gasteiger partial charge in [0.15, 0.2) is 0 Å². The van der Waals surface area contributed by atoms with E-state index in [-0.39, 0.29) is 35.5 Å². The molecule has 3 aromatic rings. The number of carbonyl (C=O) groups excluding carboxylic acids is 4. The van der Waals surface area contributed by atoms with E-state index < -0.39 is 17.8 Å². The average Bonchev–Trinajstić information content (AvgIpc) is 3.46. The van der Waals surface area contributed by atoms with Gasteiger partial charge in [-0.25, -0.2) is 9.69 Å². The molecular weight excluding hydrogens is 474 g/mol. The maximum absolute atomic E-state index is 13.0. The molecule has 3 amide bonds. The number of nitrogens with one attached hydrogen (secondary N) is 2. The van der Waals surface area contributed by atoms with Crippen molar-refractivity contribution < 1.29 is 28.3 Å². The number of imide groups is 1. The minimum Gasteiger partial charge on any atom is -0.467 e. The van der Waals surface area contributed by atoms with Gasteiger partial charge in [-0.2, -0.15) is 0 Å². The second kappa shape index (κ2) is 10.3. The second-order valence-electron chi connectivity index (χ2n) is 7.37. The zero-order valence-corrected chi connectivity index (χ0v) is 19.3. The lowest BCUT2D eigenvalue weighted by atomic mass is 10.2. The van der Waals surface area contributed by atoms with Crippen LogP contribution in [0.4, 0.5) is 11.4 Å². The van der Waals surface area contributed by atoms with Crippen LogP contribution in [0.2, 0.25) is 0 Å². The molecule has 2 heterocycles. The number of rotatable bonds is 8. The number of amides is 3.